The molecule has 0 N–H and O–H groups in total. The molecule has 0 amide bonds. The molecule has 0 spiro atoms. The summed E-state index contributed by atoms with van der Waals surface area (Å²) < 4.78 is 14.4. The van der Waals surface area contributed by atoms with Gasteiger partial charge in [0.1, 0.15) is 24.3 Å². The number of ether oxygens (including phenoxy) is 1. The Morgan fingerprint density at radius 2 is 1.96 bits per heavy atom. The molecular formula is C21H18BrN3O2. The van der Waals surface area contributed by atoms with Crippen molar-refractivity contribution in [1.82, 2.24) is 14.8 Å². The van der Waals surface area contributed by atoms with E-state index in [0.29, 0.717) is 19.0 Å². The van der Waals surface area contributed by atoms with Crippen molar-refractivity contribution in [2.75, 3.05) is 0 Å². The van der Waals surface area contributed by atoms with Crippen molar-refractivity contribution in [3.8, 4) is 17.3 Å². The summed E-state index contributed by atoms with van der Waals surface area (Å²) in [4.78, 5) is 4.17. The molecule has 2 aromatic heterocycles. The minimum absolute atomic E-state index is 0.520. The van der Waals surface area contributed by atoms with Gasteiger partial charge in [-0.25, -0.2) is 4.98 Å². The van der Waals surface area contributed by atoms with Crippen LogP contribution in [0.15, 0.2) is 75.9 Å². The molecule has 0 saturated heterocycles. The number of hydrogen-bond donors (Lipinski definition) is 0. The van der Waals surface area contributed by atoms with Gasteiger partial charge in [-0.3, -0.25) is 4.68 Å². The summed E-state index contributed by atoms with van der Waals surface area (Å²) in [5, 5.41) is 4.63. The summed E-state index contributed by atoms with van der Waals surface area (Å²) in [7, 11) is 0. The fraction of sp³-hybridized carbons (Fsp3) is 0.143. The third-order valence-electron chi connectivity index (χ3n) is 4.21. The van der Waals surface area contributed by atoms with Crippen LogP contribution in [-0.4, -0.2) is 14.8 Å². The van der Waals surface area contributed by atoms with Crippen molar-refractivity contribution in [3.05, 3.63) is 88.4 Å². The van der Waals surface area contributed by atoms with Crippen LogP contribution in [0.2, 0.25) is 0 Å². The molecule has 5 nitrogen and oxygen atoms in total. The topological polar surface area (TPSA) is 53.1 Å². The monoisotopic (exact) mass is 423 g/mol. The fourth-order valence-electron chi connectivity index (χ4n) is 2.83. The lowest BCUT2D eigenvalue weighted by molar-refractivity contribution is 0.302. The van der Waals surface area contributed by atoms with Crippen LogP contribution in [0.25, 0.3) is 11.6 Å². The van der Waals surface area contributed by atoms with Crippen LogP contribution >= 0.6 is 15.9 Å². The number of rotatable bonds is 6. The quantitative estimate of drug-likeness (QED) is 0.425. The molecule has 4 rings (SSSR count). The molecule has 0 radical (unpaired) electrons. The van der Waals surface area contributed by atoms with Crippen molar-refractivity contribution >= 4 is 15.9 Å². The van der Waals surface area contributed by atoms with Gasteiger partial charge in [-0.2, -0.15) is 5.10 Å². The molecule has 27 heavy (non-hydrogen) atoms. The highest BCUT2D eigenvalue weighted by Crippen LogP contribution is 2.26. The number of aryl methyl sites for hydroxylation is 1. The van der Waals surface area contributed by atoms with E-state index < -0.39 is 0 Å². The Hall–Kier alpha value is -2.86. The molecule has 136 valence electrons. The fourth-order valence-corrected chi connectivity index (χ4v) is 3.24. The van der Waals surface area contributed by atoms with Crippen LogP contribution in [0.1, 0.15) is 16.8 Å². The summed E-state index contributed by atoms with van der Waals surface area (Å²) >= 11 is 3.55. The Bertz CT molecular complexity index is 1030. The molecule has 2 aromatic carbocycles. The van der Waals surface area contributed by atoms with E-state index in [9.17, 15) is 0 Å². The standard InChI is InChI=1S/C21H18BrN3O2/c1-15-11-19(21-23-9-10-26-21)24-25(15)13-17-12-18(22)7-8-20(17)27-14-16-5-3-2-4-6-16/h2-12H,13-14H2,1H3. The second-order valence-electron chi connectivity index (χ2n) is 6.19. The number of halogens is 1. The van der Waals surface area contributed by atoms with Crippen LogP contribution in [0.3, 0.4) is 0 Å². The molecular weight excluding hydrogens is 406 g/mol. The molecule has 2 heterocycles. The lowest BCUT2D eigenvalue weighted by atomic mass is 10.2. The lowest BCUT2D eigenvalue weighted by Gasteiger charge is -2.13. The highest BCUT2D eigenvalue weighted by molar-refractivity contribution is 9.10. The van der Waals surface area contributed by atoms with E-state index in [-0.39, 0.29) is 0 Å². The Labute approximate surface area is 165 Å². The molecule has 0 saturated carbocycles. The second-order valence-corrected chi connectivity index (χ2v) is 7.11. The zero-order chi connectivity index (χ0) is 18.6. The first kappa shape index (κ1) is 17.5. The van der Waals surface area contributed by atoms with Gasteiger partial charge in [0.15, 0.2) is 0 Å². The molecule has 0 atom stereocenters. The van der Waals surface area contributed by atoms with E-state index in [0.717, 1.165) is 32.7 Å². The van der Waals surface area contributed by atoms with Crippen molar-refractivity contribution in [2.45, 2.75) is 20.1 Å². The first-order chi connectivity index (χ1) is 13.2. The van der Waals surface area contributed by atoms with Crippen LogP contribution in [0.4, 0.5) is 0 Å². The van der Waals surface area contributed by atoms with Gasteiger partial charge in [-0.1, -0.05) is 46.3 Å². The number of oxazole rings is 1. The summed E-state index contributed by atoms with van der Waals surface area (Å²) in [5.41, 5.74) is 3.93. The zero-order valence-electron chi connectivity index (χ0n) is 14.8. The summed E-state index contributed by atoms with van der Waals surface area (Å²) in [6, 6.07) is 18.1. The highest BCUT2D eigenvalue weighted by atomic mass is 79.9. The van der Waals surface area contributed by atoms with Gasteiger partial charge < -0.3 is 9.15 Å². The maximum atomic E-state index is 6.08. The van der Waals surface area contributed by atoms with Crippen LogP contribution in [0.5, 0.6) is 5.75 Å². The van der Waals surface area contributed by atoms with Gasteiger partial charge in [0.05, 0.1) is 12.7 Å². The molecule has 0 unspecified atom stereocenters. The second kappa shape index (κ2) is 7.80. The third kappa shape index (κ3) is 4.11. The van der Waals surface area contributed by atoms with E-state index in [1.54, 1.807) is 12.5 Å². The van der Waals surface area contributed by atoms with E-state index in [4.69, 9.17) is 9.15 Å². The lowest BCUT2D eigenvalue weighted by Crippen LogP contribution is -2.06. The van der Waals surface area contributed by atoms with E-state index >= 15 is 0 Å². The average molecular weight is 424 g/mol. The summed E-state index contributed by atoms with van der Waals surface area (Å²) in [6.07, 6.45) is 3.17. The molecule has 6 heteroatoms. The first-order valence-corrected chi connectivity index (χ1v) is 9.38. The average Bonchev–Trinajstić information content (AvgIpc) is 3.32. The predicted molar refractivity (Wildman–Crippen MR) is 106 cm³/mol. The Morgan fingerprint density at radius 3 is 2.74 bits per heavy atom. The molecule has 0 fully saturated rings. The predicted octanol–water partition coefficient (Wildman–Crippen LogP) is 5.24. The number of aromatic nitrogens is 3. The third-order valence-corrected chi connectivity index (χ3v) is 4.71. The summed E-state index contributed by atoms with van der Waals surface area (Å²) in [6.45, 7) is 3.13. The largest absolute Gasteiger partial charge is 0.489 e. The van der Waals surface area contributed by atoms with Crippen LogP contribution in [0, 0.1) is 6.92 Å². The first-order valence-electron chi connectivity index (χ1n) is 8.58. The van der Waals surface area contributed by atoms with Crippen molar-refractivity contribution < 1.29 is 9.15 Å². The van der Waals surface area contributed by atoms with Crippen LogP contribution in [-0.2, 0) is 13.2 Å². The smallest absolute Gasteiger partial charge is 0.246 e. The van der Waals surface area contributed by atoms with E-state index in [1.807, 2.05) is 48.0 Å². The van der Waals surface area contributed by atoms with Crippen LogP contribution < -0.4 is 4.74 Å². The van der Waals surface area contributed by atoms with Gasteiger partial charge in [0.25, 0.3) is 0 Å². The van der Waals surface area contributed by atoms with Crippen molar-refractivity contribution in [1.29, 1.82) is 0 Å². The van der Waals surface area contributed by atoms with Gasteiger partial charge in [-0.15, -0.1) is 0 Å². The Balaban J connectivity index is 1.57. The molecule has 4 aromatic rings. The number of nitrogens with zero attached hydrogens (tertiary/aromatic N) is 3. The van der Waals surface area contributed by atoms with Crippen molar-refractivity contribution in [2.24, 2.45) is 0 Å². The normalized spacial score (nSPS) is 10.9. The molecule has 0 bridgehead atoms. The molecule has 0 aliphatic carbocycles. The van der Waals surface area contributed by atoms with Gasteiger partial charge in [0, 0.05) is 15.7 Å². The molecule has 0 aliphatic heterocycles. The minimum atomic E-state index is 0.520. The van der Waals surface area contributed by atoms with Gasteiger partial charge in [-0.05, 0) is 36.8 Å². The SMILES string of the molecule is Cc1cc(-c2ncco2)nn1Cc1cc(Br)ccc1OCc1ccccc1. The Kier molecular flexibility index (Phi) is 5.07. The van der Waals surface area contributed by atoms with E-state index in [1.165, 1.54) is 0 Å². The summed E-state index contributed by atoms with van der Waals surface area (Å²) in [5.74, 6) is 1.36. The molecule has 0 aliphatic rings. The number of hydrogen-bond acceptors (Lipinski definition) is 4. The maximum absolute atomic E-state index is 6.08. The van der Waals surface area contributed by atoms with Crippen molar-refractivity contribution in [3.63, 3.8) is 0 Å². The van der Waals surface area contributed by atoms with E-state index in [2.05, 4.69) is 44.2 Å². The highest BCUT2D eigenvalue weighted by Gasteiger charge is 2.13. The zero-order valence-corrected chi connectivity index (χ0v) is 16.4. The minimum Gasteiger partial charge on any atom is -0.489 e. The van der Waals surface area contributed by atoms with Gasteiger partial charge >= 0.3 is 0 Å². The number of benzene rings is 2. The van der Waals surface area contributed by atoms with Gasteiger partial charge in [0.2, 0.25) is 5.89 Å². The maximum Gasteiger partial charge on any atom is 0.246 e. The Morgan fingerprint density at radius 1 is 1.11 bits per heavy atom.